The molecule has 2 aliphatic heterocycles. The second-order valence-electron chi connectivity index (χ2n) is 29.3. The molecule has 16 aromatic rings. The molecule has 0 amide bonds. The van der Waals surface area contributed by atoms with Crippen LogP contribution in [0.1, 0.15) is 58.2 Å². The molecular weight excluding hydrogens is 1880 g/mol. The molecule has 12 N–H and O–H groups in total. The molecule has 2 saturated heterocycles. The fraction of sp³-hybridized carbons (Fsp3) is 0.182. The van der Waals surface area contributed by atoms with E-state index in [9.17, 15) is 9.59 Å². The highest BCUT2D eigenvalue weighted by atomic mass is 35.5. The number of aromatic nitrogens is 21. The Kier molecular flexibility index (Phi) is 46.0. The number of methoxy groups -OCH3 is 2. The Morgan fingerprint density at radius 1 is 0.447 bits per heavy atom. The maximum absolute atomic E-state index is 11.0. The summed E-state index contributed by atoms with van der Waals surface area (Å²) >= 11 is 16.8. The lowest BCUT2D eigenvalue weighted by Gasteiger charge is -2.28. The molecular formula is C99H104Cl4N32O6. The van der Waals surface area contributed by atoms with Crippen LogP contribution >= 0.6 is 47.2 Å². The summed E-state index contributed by atoms with van der Waals surface area (Å²) in [6, 6.07) is 67.1. The van der Waals surface area contributed by atoms with E-state index in [2.05, 4.69) is 169 Å². The SMILES string of the molecule is CC(=N)c1cccc(C)n1.CO/C=C/C(=O)OC.Cc1cccc(-c2nccc(=O)[nH]2)n1.Cc1cccc(-c2nccc(Cl)n2)n1.Cc1cccc(-c2nccc(Nc3ccnc(Cl)n3)n2)n1.Cc1cccc(-c2nccc(Nc3ccnc(Nc4ccc(N5CCOCC5)cc4)n3)n2)n1.Cc1cccc(C(=N)N)n1.Cl.Nc1ccc(N2CCOCC2)cc1.Nc1ccnc(Cl)n1.[C-]#[N+]c1cccc(C)n1. The lowest BCUT2D eigenvalue weighted by molar-refractivity contribution is -0.135. The molecule has 14 aromatic heterocycles. The number of H-pyrrole nitrogens is 1. The number of ether oxygens (including phenoxy) is 4. The Balaban J connectivity index is 0.000000200. The number of rotatable bonds is 16. The van der Waals surface area contributed by atoms with Gasteiger partial charge in [-0.25, -0.2) is 89.5 Å². The lowest BCUT2D eigenvalue weighted by atomic mass is 10.2. The number of amidine groups is 1. The highest BCUT2D eigenvalue weighted by Crippen LogP contribution is 2.25. The predicted octanol–water partition coefficient (Wildman–Crippen LogP) is 17.6. The molecule has 0 aliphatic carbocycles. The highest BCUT2D eigenvalue weighted by Gasteiger charge is 2.15. The number of anilines is 10. The Morgan fingerprint density at radius 2 is 0.851 bits per heavy atom. The number of benzene rings is 2. The van der Waals surface area contributed by atoms with Crippen LogP contribution in [-0.2, 0) is 23.7 Å². The number of hydrogen-bond acceptors (Lipinski definition) is 35. The van der Waals surface area contributed by atoms with Crippen LogP contribution in [-0.4, -0.2) is 189 Å². The number of morpholine rings is 2. The normalized spacial score (nSPS) is 11.2. The molecule has 16 heterocycles. The van der Waals surface area contributed by atoms with Gasteiger partial charge in [-0.1, -0.05) is 60.6 Å². The molecule has 0 atom stereocenters. The van der Waals surface area contributed by atoms with Crippen LogP contribution in [0.3, 0.4) is 0 Å². The third-order valence-corrected chi connectivity index (χ3v) is 18.8. The zero-order chi connectivity index (χ0) is 100. The molecule has 38 nitrogen and oxygen atoms in total. The van der Waals surface area contributed by atoms with Crippen LogP contribution in [0.25, 0.3) is 50.9 Å². The van der Waals surface area contributed by atoms with Crippen LogP contribution in [0.5, 0.6) is 0 Å². The van der Waals surface area contributed by atoms with Crippen LogP contribution < -0.4 is 48.5 Å². The Bertz CT molecular complexity index is 6670. The summed E-state index contributed by atoms with van der Waals surface area (Å²) in [4.78, 5) is 115. The van der Waals surface area contributed by atoms with Crippen molar-refractivity contribution in [1.82, 2.24) is 105 Å². The summed E-state index contributed by atoms with van der Waals surface area (Å²) in [6.07, 6.45) is 13.7. The molecule has 0 radical (unpaired) electrons. The van der Waals surface area contributed by atoms with Crippen molar-refractivity contribution in [3.63, 3.8) is 0 Å². The zero-order valence-corrected chi connectivity index (χ0v) is 81.7. The number of carbonyl (C=O) groups is 1. The Labute approximate surface area is 836 Å². The first-order valence-electron chi connectivity index (χ1n) is 42.9. The number of pyridine rings is 7. The first-order valence-corrected chi connectivity index (χ1v) is 44.1. The predicted molar refractivity (Wildman–Crippen MR) is 554 cm³/mol. The molecule has 2 aromatic carbocycles. The van der Waals surface area contributed by atoms with Crippen LogP contribution in [0.4, 0.5) is 63.6 Å². The van der Waals surface area contributed by atoms with Gasteiger partial charge in [-0.15, -0.1) is 17.4 Å². The third kappa shape index (κ3) is 40.6. The molecule has 141 heavy (non-hydrogen) atoms. The van der Waals surface area contributed by atoms with Crippen LogP contribution in [0, 0.1) is 65.9 Å². The lowest BCUT2D eigenvalue weighted by Crippen LogP contribution is -2.36. The van der Waals surface area contributed by atoms with Gasteiger partial charge in [0.1, 0.15) is 74.2 Å². The number of carbonyl (C=O) groups excluding carboxylic acids is 1. The number of nitrogens with two attached hydrogens (primary N) is 3. The minimum atomic E-state index is -0.410. The molecule has 0 saturated carbocycles. The van der Waals surface area contributed by atoms with Crippen molar-refractivity contribution >= 4 is 128 Å². The molecule has 2 fully saturated rings. The fourth-order valence-corrected chi connectivity index (χ4v) is 12.1. The van der Waals surface area contributed by atoms with Crippen LogP contribution in [0.2, 0.25) is 15.7 Å². The van der Waals surface area contributed by atoms with E-state index < -0.39 is 5.97 Å². The quantitative estimate of drug-likeness (QED) is 0.00499. The maximum atomic E-state index is 11.0. The summed E-state index contributed by atoms with van der Waals surface area (Å²) in [5, 5.41) is 24.6. The molecule has 18 rings (SSSR count). The van der Waals surface area contributed by atoms with Gasteiger partial charge in [-0.3, -0.25) is 15.2 Å². The van der Waals surface area contributed by atoms with Crippen LogP contribution in [0.15, 0.2) is 279 Å². The van der Waals surface area contributed by atoms with Crippen molar-refractivity contribution in [2.75, 3.05) is 104 Å². The minimum absolute atomic E-state index is 0. The number of aromatic amines is 1. The summed E-state index contributed by atoms with van der Waals surface area (Å²) in [5.74, 6) is 5.55. The molecule has 42 heteroatoms. The van der Waals surface area contributed by atoms with Crippen molar-refractivity contribution in [2.45, 2.75) is 55.4 Å². The van der Waals surface area contributed by atoms with Gasteiger partial charge in [0.05, 0.1) is 64.4 Å². The summed E-state index contributed by atoms with van der Waals surface area (Å²) in [5.41, 5.74) is 31.1. The number of nitrogens with one attached hydrogen (secondary N) is 6. The number of halogens is 4. The van der Waals surface area contributed by atoms with Gasteiger partial charge in [0.15, 0.2) is 23.3 Å². The van der Waals surface area contributed by atoms with Gasteiger partial charge in [-0.05, 0) is 242 Å². The molecule has 724 valence electrons. The smallest absolute Gasteiger partial charge is 0.333 e. The monoisotopic (exact) mass is 1980 g/mol. The van der Waals surface area contributed by atoms with E-state index in [0.717, 1.165) is 127 Å². The molecule has 0 unspecified atom stereocenters. The number of nitrogens with zero attached hydrogens (tertiary/aromatic N) is 23. The first kappa shape index (κ1) is 109. The number of nitrogen functional groups attached to an aromatic ring is 3. The highest BCUT2D eigenvalue weighted by molar-refractivity contribution is 6.29. The van der Waals surface area contributed by atoms with Crippen molar-refractivity contribution in [1.29, 1.82) is 10.8 Å². The van der Waals surface area contributed by atoms with Gasteiger partial charge in [-0.2, -0.15) is 4.98 Å². The minimum Gasteiger partial charge on any atom is -0.504 e. The summed E-state index contributed by atoms with van der Waals surface area (Å²) in [6.45, 7) is 28.6. The van der Waals surface area contributed by atoms with E-state index >= 15 is 0 Å². The third-order valence-electron chi connectivity index (χ3n) is 18.3. The van der Waals surface area contributed by atoms with Gasteiger partial charge >= 0.3 is 5.97 Å². The van der Waals surface area contributed by atoms with Crippen molar-refractivity contribution in [3.05, 3.63) is 363 Å². The zero-order valence-electron chi connectivity index (χ0n) is 78.6. The second kappa shape index (κ2) is 59.2. The summed E-state index contributed by atoms with van der Waals surface area (Å²) in [7, 11) is 2.77. The molecule has 2 aliphatic rings. The number of hydrogen-bond donors (Lipinski definition) is 9. The molecule has 0 spiro atoms. The average Bonchev–Trinajstić information content (AvgIpc) is 0.835. The fourth-order valence-electron chi connectivity index (χ4n) is 11.7. The standard InChI is InChI=1S/C24H24N8O.C14H11ClN6.C10H8ClN3.C10H9N3O.C10H14N2O.C8H10N2.C7H9N3.C7H6N2.C5H8O3.C4H4ClN3.ClH/c1-17-3-2-4-20(27-17)23-25-11-9-21(30-23)29-22-10-12-26-24(31-22)28-18-5-7-19(8-6-18)32-13-15-33-16-14-32;1-9-3-2-4-10(18-9)13-16-7-5-11(20-13)19-12-6-8-17-14(15)21-12;1-7-3-2-4-8(13-7)10-12-6-5-9(11)14-10;1-7-3-2-4-8(12-7)10-11-6-5-9(14)13-10;11-9-1-3-10(4-2-9)12-5-7-13-8-6-12;1-6-4-3-5-8(10-6)7(2)9;1-5-3-2-4-6(10-5)7(8)9;1-6-4-3-5-7(8-2)9-6;1-7-4-3-5(6)8-2;5-4-7-2-1-3(6)8-4;/h2-12H,13-16H2,1H3,(H2,25,26,28,29,30,31);2-8H,1H3,(H,16,17,19,20,21);2-6H,1H3;2-6H,1H3,(H,11,13,14);1-4H,5-8,11H2;3-5,9H,1-2H3;2-4H,1H3,(H3,8,9);3-5H,1H3;3-4H,1-2H3;1-2H,(H2,6,7,8);1H/b;;;;;;;;4-3+;;. The largest absolute Gasteiger partial charge is 0.504 e. The van der Waals surface area contributed by atoms with Gasteiger partial charge in [0, 0.05) is 139 Å². The van der Waals surface area contributed by atoms with Gasteiger partial charge in [0.2, 0.25) is 16.5 Å². The number of aryl methyl sites for hydroxylation is 7. The van der Waals surface area contributed by atoms with E-state index in [1.807, 2.05) is 188 Å². The molecule has 0 bridgehead atoms. The van der Waals surface area contributed by atoms with E-state index in [1.54, 1.807) is 86.4 Å². The van der Waals surface area contributed by atoms with Crippen molar-refractivity contribution in [2.24, 2.45) is 5.73 Å². The Morgan fingerprint density at radius 3 is 1.26 bits per heavy atom. The van der Waals surface area contributed by atoms with Gasteiger partial charge < -0.3 is 77.1 Å². The second-order valence-corrected chi connectivity index (χ2v) is 30.4. The van der Waals surface area contributed by atoms with E-state index in [1.165, 1.54) is 56.4 Å². The van der Waals surface area contributed by atoms with E-state index in [4.69, 9.17) is 78.9 Å². The number of esters is 1. The van der Waals surface area contributed by atoms with E-state index in [0.29, 0.717) is 86.4 Å². The first-order chi connectivity index (χ1) is 67.6. The van der Waals surface area contributed by atoms with Crippen molar-refractivity contribution in [3.8, 4) is 46.1 Å². The van der Waals surface area contributed by atoms with Crippen molar-refractivity contribution < 1.29 is 23.7 Å². The topological polar surface area (TPSA) is 517 Å². The van der Waals surface area contributed by atoms with Gasteiger partial charge in [0.25, 0.3) is 11.4 Å². The maximum Gasteiger partial charge on any atom is 0.333 e. The Hall–Kier alpha value is -16.8. The van der Waals surface area contributed by atoms with E-state index in [-0.39, 0.29) is 34.4 Å². The summed E-state index contributed by atoms with van der Waals surface area (Å²) < 4.78 is 19.4. The average molecular weight is 1980 g/mol.